The summed E-state index contributed by atoms with van der Waals surface area (Å²) in [7, 11) is -0.377. The maximum absolute atomic E-state index is 11.6. The van der Waals surface area contributed by atoms with Crippen LogP contribution in [0.3, 0.4) is 0 Å². The van der Waals surface area contributed by atoms with Gasteiger partial charge in [0.15, 0.2) is 0 Å². The third kappa shape index (κ3) is 6.44. The molecule has 1 amide bonds. The average Bonchev–Trinajstić information content (AvgIpc) is 2.97. The first-order valence-corrected chi connectivity index (χ1v) is 12.2. The van der Waals surface area contributed by atoms with Crippen LogP contribution in [0.1, 0.15) is 48.5 Å². The highest BCUT2D eigenvalue weighted by Gasteiger charge is 2.51. The molecule has 1 atom stereocenters. The lowest BCUT2D eigenvalue weighted by Gasteiger charge is -2.46. The SMILES string of the molecule is CC(C)(C)C1CN(CCOCCOc2ccc(B3OC(C)(C)C(C)(C)O3)cc2)CCN1C(=O)O. The first-order chi connectivity index (χ1) is 15.8. The quantitative estimate of drug-likeness (QED) is 0.456. The lowest BCUT2D eigenvalue weighted by Crippen LogP contribution is -2.59. The molecule has 2 fully saturated rings. The minimum Gasteiger partial charge on any atom is -0.491 e. The molecular formula is C25H41BN2O6. The molecule has 1 unspecified atom stereocenters. The van der Waals surface area contributed by atoms with E-state index in [0.717, 1.165) is 30.8 Å². The number of hydrogen-bond donors (Lipinski definition) is 1. The predicted octanol–water partition coefficient (Wildman–Crippen LogP) is 3.09. The molecule has 0 radical (unpaired) electrons. The van der Waals surface area contributed by atoms with Crippen LogP contribution in [0.2, 0.25) is 0 Å². The van der Waals surface area contributed by atoms with Crippen LogP contribution in [0.5, 0.6) is 5.75 Å². The second kappa shape index (κ2) is 10.4. The summed E-state index contributed by atoms with van der Waals surface area (Å²) in [5, 5.41) is 9.49. The first-order valence-electron chi connectivity index (χ1n) is 12.2. The summed E-state index contributed by atoms with van der Waals surface area (Å²) in [5.74, 6) is 0.779. The molecule has 1 aromatic rings. The molecule has 2 heterocycles. The molecule has 2 aliphatic rings. The smallest absolute Gasteiger partial charge is 0.491 e. The van der Waals surface area contributed by atoms with E-state index < -0.39 is 6.09 Å². The molecule has 0 aromatic heterocycles. The lowest BCUT2D eigenvalue weighted by atomic mass is 9.79. The van der Waals surface area contributed by atoms with Crippen molar-refractivity contribution in [2.45, 2.75) is 65.7 Å². The summed E-state index contributed by atoms with van der Waals surface area (Å²) >= 11 is 0. The first kappa shape index (κ1) is 26.8. The van der Waals surface area contributed by atoms with E-state index in [1.807, 2.05) is 52.0 Å². The Kier molecular flexibility index (Phi) is 8.23. The zero-order valence-corrected chi connectivity index (χ0v) is 21.8. The lowest BCUT2D eigenvalue weighted by molar-refractivity contribution is 0.00578. The Morgan fingerprint density at radius 2 is 1.68 bits per heavy atom. The minimum atomic E-state index is -0.836. The molecule has 2 aliphatic heterocycles. The van der Waals surface area contributed by atoms with E-state index in [1.165, 1.54) is 0 Å². The molecule has 0 spiro atoms. The molecule has 1 aromatic carbocycles. The van der Waals surface area contributed by atoms with Crippen molar-refractivity contribution < 1.29 is 28.7 Å². The average molecular weight is 476 g/mol. The number of ether oxygens (including phenoxy) is 2. The largest absolute Gasteiger partial charge is 0.494 e. The van der Waals surface area contributed by atoms with Crippen molar-refractivity contribution in [3.8, 4) is 5.75 Å². The van der Waals surface area contributed by atoms with E-state index in [2.05, 4.69) is 25.7 Å². The number of nitrogens with zero attached hydrogens (tertiary/aromatic N) is 2. The van der Waals surface area contributed by atoms with E-state index in [9.17, 15) is 9.90 Å². The molecule has 190 valence electrons. The van der Waals surface area contributed by atoms with Crippen LogP contribution in [0.25, 0.3) is 0 Å². The maximum Gasteiger partial charge on any atom is 0.494 e. The van der Waals surface area contributed by atoms with Gasteiger partial charge in [0.05, 0.1) is 30.5 Å². The summed E-state index contributed by atoms with van der Waals surface area (Å²) in [6.07, 6.45) is -0.836. The van der Waals surface area contributed by atoms with Crippen LogP contribution in [-0.4, -0.2) is 91.4 Å². The van der Waals surface area contributed by atoms with Crippen molar-refractivity contribution in [3.63, 3.8) is 0 Å². The van der Waals surface area contributed by atoms with Crippen molar-refractivity contribution in [2.75, 3.05) is 46.0 Å². The zero-order chi connectivity index (χ0) is 25.1. The van der Waals surface area contributed by atoms with Crippen LogP contribution in [0.4, 0.5) is 4.79 Å². The number of hydrogen-bond acceptors (Lipinski definition) is 6. The number of carbonyl (C=O) groups is 1. The van der Waals surface area contributed by atoms with E-state index in [4.69, 9.17) is 18.8 Å². The van der Waals surface area contributed by atoms with Gasteiger partial charge in [-0.25, -0.2) is 4.79 Å². The molecule has 0 aliphatic carbocycles. The number of carboxylic acid groups (broad SMARTS) is 1. The number of benzene rings is 1. The fraction of sp³-hybridized carbons (Fsp3) is 0.720. The van der Waals surface area contributed by atoms with Crippen molar-refractivity contribution in [1.29, 1.82) is 0 Å². The van der Waals surface area contributed by atoms with Crippen molar-refractivity contribution in [3.05, 3.63) is 24.3 Å². The standard InChI is InChI=1S/C25H41BN2O6/c1-23(2,3)21-18-27(12-13-28(21)22(29)30)14-15-31-16-17-32-20-10-8-19(9-11-20)26-33-24(4,5)25(6,7)34-26/h8-11,21H,12-18H2,1-7H3,(H,29,30). The number of amides is 1. The number of rotatable bonds is 8. The van der Waals surface area contributed by atoms with Crippen molar-refractivity contribution in [2.24, 2.45) is 5.41 Å². The third-order valence-corrected chi connectivity index (χ3v) is 7.16. The summed E-state index contributed by atoms with van der Waals surface area (Å²) in [4.78, 5) is 15.4. The second-order valence-corrected chi connectivity index (χ2v) is 11.3. The van der Waals surface area contributed by atoms with Crippen molar-refractivity contribution in [1.82, 2.24) is 9.80 Å². The Hall–Kier alpha value is -1.81. The molecule has 9 heteroatoms. The van der Waals surface area contributed by atoms with Gasteiger partial charge in [-0.05, 0) is 50.7 Å². The molecule has 3 rings (SSSR count). The zero-order valence-electron chi connectivity index (χ0n) is 21.8. The van der Waals surface area contributed by atoms with Crippen LogP contribution in [0.15, 0.2) is 24.3 Å². The van der Waals surface area contributed by atoms with Gasteiger partial charge >= 0.3 is 13.2 Å². The fourth-order valence-electron chi connectivity index (χ4n) is 4.23. The van der Waals surface area contributed by atoms with Gasteiger partial charge in [0.2, 0.25) is 0 Å². The molecule has 8 nitrogen and oxygen atoms in total. The van der Waals surface area contributed by atoms with Gasteiger partial charge in [0.25, 0.3) is 0 Å². The van der Waals surface area contributed by atoms with Gasteiger partial charge in [-0.15, -0.1) is 0 Å². The van der Waals surface area contributed by atoms with E-state index >= 15 is 0 Å². The minimum absolute atomic E-state index is 0.0257. The Balaban J connectivity index is 1.35. The van der Waals surface area contributed by atoms with E-state index in [-0.39, 0.29) is 29.8 Å². The normalized spacial score (nSPS) is 22.7. The van der Waals surface area contributed by atoms with E-state index in [0.29, 0.717) is 26.4 Å². The summed E-state index contributed by atoms with van der Waals surface area (Å²) in [6.45, 7) is 18.8. The van der Waals surface area contributed by atoms with Gasteiger partial charge in [-0.3, -0.25) is 4.90 Å². The molecule has 2 saturated heterocycles. The van der Waals surface area contributed by atoms with Gasteiger partial charge in [0, 0.05) is 26.2 Å². The van der Waals surface area contributed by atoms with Crippen LogP contribution in [-0.2, 0) is 14.0 Å². The highest BCUT2D eigenvalue weighted by Crippen LogP contribution is 2.36. The predicted molar refractivity (Wildman–Crippen MR) is 133 cm³/mol. The highest BCUT2D eigenvalue weighted by molar-refractivity contribution is 6.62. The van der Waals surface area contributed by atoms with Crippen LogP contribution < -0.4 is 10.2 Å². The number of piperazine rings is 1. The Labute approximate surface area is 204 Å². The van der Waals surface area contributed by atoms with Gasteiger partial charge in [-0.2, -0.15) is 0 Å². The molecule has 0 saturated carbocycles. The topological polar surface area (TPSA) is 80.7 Å². The van der Waals surface area contributed by atoms with Gasteiger partial charge < -0.3 is 28.8 Å². The second-order valence-electron chi connectivity index (χ2n) is 11.3. The van der Waals surface area contributed by atoms with Crippen LogP contribution in [0, 0.1) is 5.41 Å². The Morgan fingerprint density at radius 3 is 2.24 bits per heavy atom. The summed E-state index contributed by atoms with van der Waals surface area (Å²) in [5.41, 5.74) is 0.145. The van der Waals surface area contributed by atoms with Crippen molar-refractivity contribution >= 4 is 18.7 Å². The molecule has 0 bridgehead atoms. The summed E-state index contributed by atoms with van der Waals surface area (Å²) in [6, 6.07) is 7.77. The van der Waals surface area contributed by atoms with Gasteiger partial charge in [0.1, 0.15) is 12.4 Å². The van der Waals surface area contributed by atoms with E-state index in [1.54, 1.807) is 4.90 Å². The monoisotopic (exact) mass is 476 g/mol. The fourth-order valence-corrected chi connectivity index (χ4v) is 4.23. The summed E-state index contributed by atoms with van der Waals surface area (Å²) < 4.78 is 23.8. The molecular weight excluding hydrogens is 435 g/mol. The van der Waals surface area contributed by atoms with Gasteiger partial charge in [-0.1, -0.05) is 32.9 Å². The molecule has 34 heavy (non-hydrogen) atoms. The maximum atomic E-state index is 11.6. The Morgan fingerprint density at radius 1 is 1.06 bits per heavy atom. The Bertz CT molecular complexity index is 808. The molecule has 1 N–H and O–H groups in total. The highest BCUT2D eigenvalue weighted by atomic mass is 16.7. The third-order valence-electron chi connectivity index (χ3n) is 7.16. The van der Waals surface area contributed by atoms with Crippen LogP contribution >= 0.6 is 0 Å².